The lowest BCUT2D eigenvalue weighted by Crippen LogP contribution is -2.32. The first-order valence-corrected chi connectivity index (χ1v) is 11.9. The zero-order valence-corrected chi connectivity index (χ0v) is 20.9. The zero-order valence-electron chi connectivity index (χ0n) is 20.1. The molecule has 3 aromatic carbocycles. The maximum atomic E-state index is 13.6. The van der Waals surface area contributed by atoms with Gasteiger partial charge in [-0.3, -0.25) is 9.36 Å². The summed E-state index contributed by atoms with van der Waals surface area (Å²) in [5.41, 5.74) is 0.914. The Balaban J connectivity index is 1.70. The van der Waals surface area contributed by atoms with Crippen molar-refractivity contribution in [3.05, 3.63) is 87.9 Å². The van der Waals surface area contributed by atoms with Gasteiger partial charge < -0.3 is 30.9 Å². The fourth-order valence-electron chi connectivity index (χ4n) is 3.86. The summed E-state index contributed by atoms with van der Waals surface area (Å²) in [4.78, 5) is 42.2. The Bertz CT molecular complexity index is 1560. The van der Waals surface area contributed by atoms with Crippen molar-refractivity contribution in [3.8, 4) is 11.4 Å². The van der Waals surface area contributed by atoms with Crippen LogP contribution in [0, 0.1) is 0 Å². The van der Waals surface area contributed by atoms with E-state index in [0.29, 0.717) is 28.3 Å². The highest BCUT2D eigenvalue weighted by Crippen LogP contribution is 2.26. The van der Waals surface area contributed by atoms with Gasteiger partial charge in [-0.2, -0.15) is 0 Å². The minimum absolute atomic E-state index is 0.0679. The molecule has 0 aliphatic heterocycles. The molecule has 0 radical (unpaired) electrons. The summed E-state index contributed by atoms with van der Waals surface area (Å²) in [6.07, 6.45) is -1.28. The third-order valence-corrected chi connectivity index (χ3v) is 5.76. The largest absolute Gasteiger partial charge is 0.489 e. The van der Waals surface area contributed by atoms with Crippen LogP contribution in [0.1, 0.15) is 18.8 Å². The second-order valence-corrected chi connectivity index (χ2v) is 8.52. The third kappa shape index (κ3) is 5.85. The second kappa shape index (κ2) is 11.6. The van der Waals surface area contributed by atoms with Crippen LogP contribution in [0.2, 0.25) is 5.02 Å². The summed E-state index contributed by atoms with van der Waals surface area (Å²) in [6, 6.07) is 16.6. The molecule has 5 N–H and O–H groups in total. The normalized spacial score (nSPS) is 11.6. The highest BCUT2D eigenvalue weighted by atomic mass is 35.5. The summed E-state index contributed by atoms with van der Waals surface area (Å²) in [7, 11) is 0. The molecule has 0 aliphatic rings. The number of aliphatic hydroxyl groups excluding tert-OH is 1. The Kier molecular flexibility index (Phi) is 8.09. The first-order chi connectivity index (χ1) is 18.3. The topological polar surface area (TPSA) is 155 Å². The van der Waals surface area contributed by atoms with Crippen molar-refractivity contribution >= 4 is 46.0 Å². The number of anilines is 2. The number of hydrogen-bond donors (Lipinski definition) is 5. The number of hydrogen-bond acceptors (Lipinski definition) is 6. The number of halogens is 1. The molecule has 1 aromatic heterocycles. The van der Waals surface area contributed by atoms with Crippen LogP contribution in [-0.2, 0) is 0 Å². The lowest BCUT2D eigenvalue weighted by Gasteiger charge is -2.19. The molecule has 196 valence electrons. The molecule has 0 spiro atoms. The fourth-order valence-corrected chi connectivity index (χ4v) is 4.11. The van der Waals surface area contributed by atoms with E-state index in [2.05, 4.69) is 20.9 Å². The van der Waals surface area contributed by atoms with Gasteiger partial charge >= 0.3 is 12.1 Å². The molecule has 4 aromatic rings. The first kappa shape index (κ1) is 26.5. The van der Waals surface area contributed by atoms with Crippen LogP contribution in [0.3, 0.4) is 0 Å². The maximum Gasteiger partial charge on any atom is 0.405 e. The van der Waals surface area contributed by atoms with Crippen LogP contribution >= 0.6 is 11.6 Å². The molecule has 0 saturated heterocycles. The van der Waals surface area contributed by atoms with E-state index >= 15 is 0 Å². The molecule has 0 saturated carbocycles. The average molecular weight is 538 g/mol. The number of nitrogens with zero attached hydrogens (tertiary/aromatic N) is 2. The Labute approximate surface area is 221 Å². The predicted octanol–water partition coefficient (Wildman–Crippen LogP) is 4.38. The average Bonchev–Trinajstić information content (AvgIpc) is 2.87. The SMILES string of the molecule is CC(NC(=O)O)c1nc2cccc(Cl)c2c(=O)n1-c1cccc(NC(=O)Nc2ccccc2OCCO)c1. The van der Waals surface area contributed by atoms with Crippen molar-refractivity contribution in [3.63, 3.8) is 0 Å². The molecule has 3 amide bonds. The van der Waals surface area contributed by atoms with Gasteiger partial charge in [0.1, 0.15) is 18.2 Å². The van der Waals surface area contributed by atoms with Gasteiger partial charge in [-0.05, 0) is 49.4 Å². The van der Waals surface area contributed by atoms with Crippen LogP contribution in [0.25, 0.3) is 16.6 Å². The molecule has 12 heteroatoms. The molecular weight excluding hydrogens is 514 g/mol. The summed E-state index contributed by atoms with van der Waals surface area (Å²) in [6.45, 7) is 1.46. The van der Waals surface area contributed by atoms with E-state index in [1.54, 1.807) is 73.7 Å². The van der Waals surface area contributed by atoms with Crippen LogP contribution in [0.4, 0.5) is 21.0 Å². The van der Waals surface area contributed by atoms with Crippen LogP contribution < -0.4 is 26.2 Å². The molecule has 1 unspecified atom stereocenters. The molecule has 0 aliphatic carbocycles. The number of urea groups is 1. The van der Waals surface area contributed by atoms with Gasteiger partial charge in [0.25, 0.3) is 5.56 Å². The van der Waals surface area contributed by atoms with E-state index < -0.39 is 23.7 Å². The highest BCUT2D eigenvalue weighted by molar-refractivity contribution is 6.35. The van der Waals surface area contributed by atoms with Crippen molar-refractivity contribution in [1.82, 2.24) is 14.9 Å². The number of carbonyl (C=O) groups excluding carboxylic acids is 1. The Hall–Kier alpha value is -4.61. The van der Waals surface area contributed by atoms with E-state index in [4.69, 9.17) is 21.4 Å². The molecular formula is C26H24ClN5O6. The number of fused-ring (bicyclic) bond motifs is 1. The summed E-state index contributed by atoms with van der Waals surface area (Å²) < 4.78 is 6.70. The van der Waals surface area contributed by atoms with Gasteiger partial charge in [0.15, 0.2) is 0 Å². The Morgan fingerprint density at radius 1 is 1.08 bits per heavy atom. The lowest BCUT2D eigenvalue weighted by molar-refractivity contribution is 0.190. The van der Waals surface area contributed by atoms with Gasteiger partial charge in [-0.1, -0.05) is 35.9 Å². The highest BCUT2D eigenvalue weighted by Gasteiger charge is 2.21. The van der Waals surface area contributed by atoms with Crippen molar-refractivity contribution in [1.29, 1.82) is 0 Å². The third-order valence-electron chi connectivity index (χ3n) is 5.45. The Morgan fingerprint density at radius 2 is 1.84 bits per heavy atom. The van der Waals surface area contributed by atoms with Gasteiger partial charge in [0.05, 0.1) is 39.9 Å². The number of carboxylic acid groups (broad SMARTS) is 1. The first-order valence-electron chi connectivity index (χ1n) is 11.5. The predicted molar refractivity (Wildman–Crippen MR) is 144 cm³/mol. The molecule has 0 fully saturated rings. The van der Waals surface area contributed by atoms with Crippen molar-refractivity contribution in [2.45, 2.75) is 13.0 Å². The van der Waals surface area contributed by atoms with E-state index in [1.807, 2.05) is 0 Å². The summed E-state index contributed by atoms with van der Waals surface area (Å²) >= 11 is 6.31. The van der Waals surface area contributed by atoms with Crippen LogP contribution in [0.5, 0.6) is 5.75 Å². The van der Waals surface area contributed by atoms with Crippen molar-refractivity contribution in [2.24, 2.45) is 0 Å². The van der Waals surface area contributed by atoms with E-state index in [-0.39, 0.29) is 29.4 Å². The van der Waals surface area contributed by atoms with Crippen molar-refractivity contribution in [2.75, 3.05) is 23.8 Å². The van der Waals surface area contributed by atoms with Gasteiger partial charge in [-0.15, -0.1) is 0 Å². The van der Waals surface area contributed by atoms with Gasteiger partial charge in [0.2, 0.25) is 0 Å². The molecule has 11 nitrogen and oxygen atoms in total. The molecule has 1 heterocycles. The quantitative estimate of drug-likeness (QED) is 0.223. The standard InChI is InChI=1S/C26H24ClN5O6/c1-15(28-26(36)37)23-30-20-10-5-8-18(27)22(20)24(34)32(23)17-7-4-6-16(14-17)29-25(35)31-19-9-2-3-11-21(19)38-13-12-33/h2-11,14-15,28,33H,12-13H2,1H3,(H,36,37)(H2,29,31,35). The van der Waals surface area contributed by atoms with Gasteiger partial charge in [0, 0.05) is 5.69 Å². The number of para-hydroxylation sites is 2. The molecule has 38 heavy (non-hydrogen) atoms. The monoisotopic (exact) mass is 537 g/mol. The van der Waals surface area contributed by atoms with Crippen LogP contribution in [0.15, 0.2) is 71.5 Å². The number of rotatable bonds is 8. The summed E-state index contributed by atoms with van der Waals surface area (Å²) in [5, 5.41) is 26.4. The van der Waals surface area contributed by atoms with E-state index in [9.17, 15) is 19.5 Å². The molecule has 1 atom stereocenters. The zero-order chi connectivity index (χ0) is 27.2. The minimum atomic E-state index is -1.28. The van der Waals surface area contributed by atoms with E-state index in [1.165, 1.54) is 4.57 Å². The number of carbonyl (C=O) groups is 2. The van der Waals surface area contributed by atoms with Crippen molar-refractivity contribution < 1.29 is 24.5 Å². The lowest BCUT2D eigenvalue weighted by atomic mass is 10.2. The molecule has 0 bridgehead atoms. The second-order valence-electron chi connectivity index (χ2n) is 8.11. The van der Waals surface area contributed by atoms with Gasteiger partial charge in [-0.25, -0.2) is 14.6 Å². The number of benzene rings is 3. The maximum absolute atomic E-state index is 13.6. The molecule has 4 rings (SSSR count). The number of nitrogens with one attached hydrogen (secondary N) is 3. The number of aliphatic hydroxyl groups is 1. The van der Waals surface area contributed by atoms with E-state index in [0.717, 1.165) is 0 Å². The van der Waals surface area contributed by atoms with Crippen LogP contribution in [-0.4, -0.2) is 45.1 Å². The Morgan fingerprint density at radius 3 is 2.61 bits per heavy atom. The fraction of sp³-hybridized carbons (Fsp3) is 0.154. The number of amides is 3. The minimum Gasteiger partial charge on any atom is -0.489 e. The number of aromatic nitrogens is 2. The summed E-state index contributed by atoms with van der Waals surface area (Å²) in [5.74, 6) is 0.532. The number of ether oxygens (including phenoxy) is 1. The smallest absolute Gasteiger partial charge is 0.405 e.